The van der Waals surface area contributed by atoms with Gasteiger partial charge < -0.3 is 10.2 Å². The number of aryl methyl sites for hydroxylation is 1. The third-order valence-corrected chi connectivity index (χ3v) is 4.06. The Morgan fingerprint density at radius 3 is 3.00 bits per heavy atom. The van der Waals surface area contributed by atoms with Crippen LogP contribution in [-0.4, -0.2) is 35.0 Å². The van der Waals surface area contributed by atoms with Gasteiger partial charge in [-0.1, -0.05) is 6.07 Å². The van der Waals surface area contributed by atoms with Gasteiger partial charge in [0.25, 0.3) is 0 Å². The normalized spacial score (nSPS) is 16.5. The minimum absolute atomic E-state index is 0.0228. The van der Waals surface area contributed by atoms with Gasteiger partial charge in [-0.05, 0) is 37.0 Å². The molecule has 6 heteroatoms. The molecule has 1 aliphatic carbocycles. The van der Waals surface area contributed by atoms with Crippen molar-refractivity contribution in [2.24, 2.45) is 0 Å². The second kappa shape index (κ2) is 6.73. The van der Waals surface area contributed by atoms with Crippen molar-refractivity contribution in [2.45, 2.75) is 31.7 Å². The molecule has 2 aromatic heterocycles. The Hall–Kier alpha value is -2.50. The minimum atomic E-state index is -0.157. The number of nitrogens with one attached hydrogen (secondary N) is 1. The second-order valence-corrected chi connectivity index (χ2v) is 5.95. The van der Waals surface area contributed by atoms with E-state index in [-0.39, 0.29) is 11.8 Å². The summed E-state index contributed by atoms with van der Waals surface area (Å²) in [4.78, 5) is 27.4. The molecule has 0 saturated heterocycles. The molecule has 2 heterocycles. The van der Waals surface area contributed by atoms with Crippen molar-refractivity contribution in [3.63, 3.8) is 0 Å². The third kappa shape index (κ3) is 3.47. The van der Waals surface area contributed by atoms with Crippen molar-refractivity contribution in [3.8, 4) is 0 Å². The maximum absolute atomic E-state index is 12.5. The van der Waals surface area contributed by atoms with E-state index in [0.717, 1.165) is 30.7 Å². The summed E-state index contributed by atoms with van der Waals surface area (Å²) in [6.07, 6.45) is 6.35. The summed E-state index contributed by atoms with van der Waals surface area (Å²) >= 11 is 0. The van der Waals surface area contributed by atoms with Crippen molar-refractivity contribution >= 4 is 11.9 Å². The largest absolute Gasteiger partial charge is 0.350 e. The second-order valence-electron chi connectivity index (χ2n) is 5.95. The Balaban J connectivity index is 1.68. The summed E-state index contributed by atoms with van der Waals surface area (Å²) < 4.78 is 0. The molecule has 0 bridgehead atoms. The Kier molecular flexibility index (Phi) is 4.50. The standard InChI is InChI=1S/C17H21N5O/c1-22(2)17-19-10-8-13(21-17)11-20-16(23)14-7-3-5-12-6-4-9-18-15(12)14/h4,6,8-10,14H,3,5,7,11H2,1-2H3,(H,20,23). The summed E-state index contributed by atoms with van der Waals surface area (Å²) in [5.41, 5.74) is 2.91. The van der Waals surface area contributed by atoms with Crippen molar-refractivity contribution in [1.29, 1.82) is 0 Å². The molecule has 2 aromatic rings. The molecule has 1 amide bonds. The van der Waals surface area contributed by atoms with Crippen molar-refractivity contribution in [3.05, 3.63) is 47.5 Å². The van der Waals surface area contributed by atoms with Gasteiger partial charge in [-0.2, -0.15) is 0 Å². The zero-order valence-corrected chi connectivity index (χ0v) is 13.5. The lowest BCUT2D eigenvalue weighted by molar-refractivity contribution is -0.123. The van der Waals surface area contributed by atoms with Crippen LogP contribution in [0.3, 0.4) is 0 Å². The molecule has 0 fully saturated rings. The predicted molar refractivity (Wildman–Crippen MR) is 88.1 cm³/mol. The van der Waals surface area contributed by atoms with E-state index in [2.05, 4.69) is 26.3 Å². The number of aromatic nitrogens is 3. The molecular weight excluding hydrogens is 290 g/mol. The number of hydrogen-bond donors (Lipinski definition) is 1. The van der Waals surface area contributed by atoms with E-state index < -0.39 is 0 Å². The SMILES string of the molecule is CN(C)c1nccc(CNC(=O)C2CCCc3cccnc32)n1. The molecular formula is C17H21N5O. The van der Waals surface area contributed by atoms with E-state index in [0.29, 0.717) is 12.5 Å². The van der Waals surface area contributed by atoms with Crippen molar-refractivity contribution < 1.29 is 4.79 Å². The molecule has 0 radical (unpaired) electrons. The van der Waals surface area contributed by atoms with E-state index in [1.165, 1.54) is 5.56 Å². The zero-order valence-electron chi connectivity index (χ0n) is 13.5. The average Bonchev–Trinajstić information content (AvgIpc) is 2.59. The van der Waals surface area contributed by atoms with Crippen LogP contribution in [0.5, 0.6) is 0 Å². The number of fused-ring (bicyclic) bond motifs is 1. The van der Waals surface area contributed by atoms with Gasteiger partial charge in [-0.15, -0.1) is 0 Å². The van der Waals surface area contributed by atoms with Crippen molar-refractivity contribution in [1.82, 2.24) is 20.3 Å². The number of hydrogen-bond acceptors (Lipinski definition) is 5. The number of carbonyl (C=O) groups excluding carboxylic acids is 1. The van der Waals surface area contributed by atoms with Crippen LogP contribution in [-0.2, 0) is 17.8 Å². The molecule has 0 saturated carbocycles. The highest BCUT2D eigenvalue weighted by molar-refractivity contribution is 5.83. The van der Waals surface area contributed by atoms with Crippen LogP contribution in [0.4, 0.5) is 5.95 Å². The first-order valence-electron chi connectivity index (χ1n) is 7.86. The quantitative estimate of drug-likeness (QED) is 0.930. The summed E-state index contributed by atoms with van der Waals surface area (Å²) in [6.45, 7) is 0.404. The Morgan fingerprint density at radius 2 is 2.17 bits per heavy atom. The van der Waals surface area contributed by atoms with Gasteiger partial charge in [0.2, 0.25) is 11.9 Å². The van der Waals surface area contributed by atoms with Crippen LogP contribution in [0.25, 0.3) is 0 Å². The maximum Gasteiger partial charge on any atom is 0.229 e. The van der Waals surface area contributed by atoms with Crippen LogP contribution in [0.2, 0.25) is 0 Å². The van der Waals surface area contributed by atoms with Crippen LogP contribution in [0, 0.1) is 0 Å². The highest BCUT2D eigenvalue weighted by Crippen LogP contribution is 2.29. The molecule has 1 aliphatic rings. The molecule has 6 nitrogen and oxygen atoms in total. The fraction of sp³-hybridized carbons (Fsp3) is 0.412. The third-order valence-electron chi connectivity index (χ3n) is 4.06. The Bertz CT molecular complexity index is 701. The lowest BCUT2D eigenvalue weighted by atomic mass is 9.86. The molecule has 1 atom stereocenters. The molecule has 0 spiro atoms. The predicted octanol–water partition coefficient (Wildman–Crippen LogP) is 1.67. The number of anilines is 1. The molecule has 0 aliphatic heterocycles. The highest BCUT2D eigenvalue weighted by Gasteiger charge is 2.27. The first kappa shape index (κ1) is 15.4. The molecule has 0 aromatic carbocycles. The Labute approximate surface area is 136 Å². The molecule has 120 valence electrons. The fourth-order valence-electron chi connectivity index (χ4n) is 2.86. The number of pyridine rings is 1. The summed E-state index contributed by atoms with van der Waals surface area (Å²) in [5, 5.41) is 2.99. The summed E-state index contributed by atoms with van der Waals surface area (Å²) in [6, 6.07) is 5.82. The van der Waals surface area contributed by atoms with E-state index in [1.807, 2.05) is 31.1 Å². The molecule has 3 rings (SSSR count). The van der Waals surface area contributed by atoms with Gasteiger partial charge >= 0.3 is 0 Å². The van der Waals surface area contributed by atoms with Crippen LogP contribution in [0.15, 0.2) is 30.6 Å². The molecule has 1 N–H and O–H groups in total. The van der Waals surface area contributed by atoms with E-state index in [1.54, 1.807) is 12.4 Å². The van der Waals surface area contributed by atoms with Gasteiger partial charge in [0, 0.05) is 26.5 Å². The van der Waals surface area contributed by atoms with Crippen LogP contribution < -0.4 is 10.2 Å². The topological polar surface area (TPSA) is 71.0 Å². The van der Waals surface area contributed by atoms with Gasteiger partial charge in [0.15, 0.2) is 0 Å². The Morgan fingerprint density at radius 1 is 1.30 bits per heavy atom. The maximum atomic E-state index is 12.5. The first-order chi connectivity index (χ1) is 11.1. The number of rotatable bonds is 4. The molecule has 1 unspecified atom stereocenters. The molecule has 23 heavy (non-hydrogen) atoms. The average molecular weight is 311 g/mol. The highest BCUT2D eigenvalue weighted by atomic mass is 16.1. The minimum Gasteiger partial charge on any atom is -0.350 e. The van der Waals surface area contributed by atoms with E-state index >= 15 is 0 Å². The summed E-state index contributed by atoms with van der Waals surface area (Å²) in [5.74, 6) is 0.506. The van der Waals surface area contributed by atoms with Gasteiger partial charge in [0.05, 0.1) is 23.9 Å². The van der Waals surface area contributed by atoms with E-state index in [9.17, 15) is 4.79 Å². The number of nitrogens with zero attached hydrogens (tertiary/aromatic N) is 4. The van der Waals surface area contributed by atoms with Gasteiger partial charge in [-0.25, -0.2) is 9.97 Å². The summed E-state index contributed by atoms with van der Waals surface area (Å²) in [7, 11) is 3.78. The lowest BCUT2D eigenvalue weighted by Gasteiger charge is -2.23. The monoisotopic (exact) mass is 311 g/mol. The van der Waals surface area contributed by atoms with Gasteiger partial charge in [0.1, 0.15) is 0 Å². The van der Waals surface area contributed by atoms with Crippen LogP contribution >= 0.6 is 0 Å². The van der Waals surface area contributed by atoms with Crippen molar-refractivity contribution in [2.75, 3.05) is 19.0 Å². The van der Waals surface area contributed by atoms with E-state index in [4.69, 9.17) is 0 Å². The van der Waals surface area contributed by atoms with Gasteiger partial charge in [-0.3, -0.25) is 9.78 Å². The van der Waals surface area contributed by atoms with Crippen LogP contribution in [0.1, 0.15) is 35.7 Å². The fourth-order valence-corrected chi connectivity index (χ4v) is 2.86. The lowest BCUT2D eigenvalue weighted by Crippen LogP contribution is -2.32. The number of amides is 1. The first-order valence-corrected chi connectivity index (χ1v) is 7.86. The smallest absolute Gasteiger partial charge is 0.229 e. The number of carbonyl (C=O) groups is 1. The zero-order chi connectivity index (χ0) is 16.2.